The largest absolute Gasteiger partial charge is 0.366 e. The van der Waals surface area contributed by atoms with Crippen molar-refractivity contribution in [2.45, 2.75) is 12.6 Å². The normalized spacial score (nSPS) is 18.9. The number of carbonyl (C=O) groups is 1. The summed E-state index contributed by atoms with van der Waals surface area (Å²) < 4.78 is 12.9. The third-order valence-corrected chi connectivity index (χ3v) is 2.57. The predicted molar refractivity (Wildman–Crippen MR) is 62.2 cm³/mol. The third kappa shape index (κ3) is 2.18. The van der Waals surface area contributed by atoms with Gasteiger partial charge in [0, 0.05) is 24.4 Å². The van der Waals surface area contributed by atoms with Gasteiger partial charge in [-0.25, -0.2) is 4.39 Å². The van der Waals surface area contributed by atoms with Crippen LogP contribution in [0.2, 0.25) is 0 Å². The van der Waals surface area contributed by atoms with E-state index in [2.05, 4.69) is 4.98 Å². The van der Waals surface area contributed by atoms with Crippen molar-refractivity contribution < 1.29 is 9.18 Å². The van der Waals surface area contributed by atoms with Crippen LogP contribution >= 0.6 is 0 Å². The number of allylic oxidation sites excluding steroid dienone is 4. The van der Waals surface area contributed by atoms with E-state index in [1.807, 2.05) is 0 Å². The van der Waals surface area contributed by atoms with Gasteiger partial charge in [0.15, 0.2) is 0 Å². The fourth-order valence-electron chi connectivity index (χ4n) is 1.68. The molecule has 0 aromatic carbocycles. The smallest absolute Gasteiger partial charge is 0.254 e. The molecule has 3 N–H and O–H groups in total. The zero-order chi connectivity index (χ0) is 12.4. The van der Waals surface area contributed by atoms with Crippen LogP contribution in [0.4, 0.5) is 4.39 Å². The van der Waals surface area contributed by atoms with Gasteiger partial charge in [0.2, 0.25) is 5.43 Å². The van der Waals surface area contributed by atoms with Crippen LogP contribution in [0.3, 0.4) is 0 Å². The summed E-state index contributed by atoms with van der Waals surface area (Å²) in [7, 11) is 0. The minimum absolute atomic E-state index is 0.0980. The number of aromatic amines is 1. The van der Waals surface area contributed by atoms with E-state index < -0.39 is 17.5 Å². The van der Waals surface area contributed by atoms with E-state index >= 15 is 0 Å². The van der Waals surface area contributed by atoms with Gasteiger partial charge >= 0.3 is 0 Å². The molecule has 17 heavy (non-hydrogen) atoms. The highest BCUT2D eigenvalue weighted by atomic mass is 19.1. The molecular formula is C12H11FN2O2. The fourth-order valence-corrected chi connectivity index (χ4v) is 1.68. The van der Waals surface area contributed by atoms with Gasteiger partial charge in [-0.3, -0.25) is 9.59 Å². The molecule has 1 heterocycles. The number of rotatable bonds is 2. The lowest BCUT2D eigenvalue weighted by Gasteiger charge is -2.09. The number of nitrogens with one attached hydrogen (secondary N) is 1. The number of aromatic nitrogens is 1. The molecule has 1 aromatic rings. The van der Waals surface area contributed by atoms with Crippen LogP contribution in [0.15, 0.2) is 35.4 Å². The Kier molecular flexibility index (Phi) is 2.91. The van der Waals surface area contributed by atoms with E-state index in [-0.39, 0.29) is 12.0 Å². The van der Waals surface area contributed by atoms with Crippen LogP contribution in [0.5, 0.6) is 0 Å². The first-order chi connectivity index (χ1) is 8.09. The topological polar surface area (TPSA) is 76.0 Å². The molecule has 0 bridgehead atoms. The zero-order valence-electron chi connectivity index (χ0n) is 8.94. The number of H-pyrrole nitrogens is 1. The summed E-state index contributed by atoms with van der Waals surface area (Å²) in [5.74, 6) is -0.781. The monoisotopic (exact) mass is 234 g/mol. The lowest BCUT2D eigenvalue weighted by molar-refractivity contribution is 0.0999. The first-order valence-corrected chi connectivity index (χ1v) is 5.13. The van der Waals surface area contributed by atoms with Crippen LogP contribution < -0.4 is 11.2 Å². The van der Waals surface area contributed by atoms with Crippen molar-refractivity contribution in [3.63, 3.8) is 0 Å². The van der Waals surface area contributed by atoms with Gasteiger partial charge in [-0.1, -0.05) is 12.2 Å². The molecule has 1 unspecified atom stereocenters. The van der Waals surface area contributed by atoms with Crippen molar-refractivity contribution in [2.75, 3.05) is 0 Å². The third-order valence-electron chi connectivity index (χ3n) is 2.57. The molecule has 1 aliphatic rings. The van der Waals surface area contributed by atoms with E-state index in [9.17, 15) is 14.0 Å². The fraction of sp³-hybridized carbons (Fsp3) is 0.167. The molecule has 5 heteroatoms. The summed E-state index contributed by atoms with van der Waals surface area (Å²) in [5, 5.41) is 0. The molecule has 1 atom stereocenters. The summed E-state index contributed by atoms with van der Waals surface area (Å²) in [6.45, 7) is 0. The zero-order valence-corrected chi connectivity index (χ0v) is 8.94. The maximum Gasteiger partial charge on any atom is 0.254 e. The molecule has 0 radical (unpaired) electrons. The van der Waals surface area contributed by atoms with Gasteiger partial charge in [-0.15, -0.1) is 0 Å². The Balaban J connectivity index is 2.48. The summed E-state index contributed by atoms with van der Waals surface area (Å²) >= 11 is 0. The maximum absolute atomic E-state index is 12.9. The molecule has 88 valence electrons. The molecule has 0 fully saturated rings. The maximum atomic E-state index is 12.9. The summed E-state index contributed by atoms with van der Waals surface area (Å²) in [6.07, 6.45) is 6.49. The van der Waals surface area contributed by atoms with Crippen LogP contribution in [-0.4, -0.2) is 17.1 Å². The lowest BCUT2D eigenvalue weighted by atomic mass is 9.99. The van der Waals surface area contributed by atoms with Gasteiger partial charge < -0.3 is 10.7 Å². The van der Waals surface area contributed by atoms with Gasteiger partial charge in [-0.2, -0.15) is 0 Å². The van der Waals surface area contributed by atoms with Crippen molar-refractivity contribution in [1.29, 1.82) is 0 Å². The molecule has 2 rings (SSSR count). The van der Waals surface area contributed by atoms with Gasteiger partial charge in [0.1, 0.15) is 11.7 Å². The second-order valence-electron chi connectivity index (χ2n) is 3.75. The minimum Gasteiger partial charge on any atom is -0.366 e. The second kappa shape index (κ2) is 4.37. The van der Waals surface area contributed by atoms with Crippen LogP contribution in [-0.2, 0) is 0 Å². The first kappa shape index (κ1) is 11.3. The minimum atomic E-state index is -1.02. The van der Waals surface area contributed by atoms with E-state index in [1.54, 1.807) is 6.08 Å². The number of nitrogens with two attached hydrogens (primary N) is 1. The van der Waals surface area contributed by atoms with Gasteiger partial charge in [0.25, 0.3) is 5.91 Å². The van der Waals surface area contributed by atoms with E-state index in [1.165, 1.54) is 24.5 Å². The second-order valence-corrected chi connectivity index (χ2v) is 3.75. The highest BCUT2D eigenvalue weighted by Crippen LogP contribution is 2.20. The highest BCUT2D eigenvalue weighted by Gasteiger charge is 2.14. The molecule has 1 aliphatic carbocycles. The average Bonchev–Trinajstić information content (AvgIpc) is 2.30. The molecule has 1 aromatic heterocycles. The highest BCUT2D eigenvalue weighted by molar-refractivity contribution is 5.93. The molecule has 0 saturated heterocycles. The van der Waals surface area contributed by atoms with Crippen molar-refractivity contribution in [2.24, 2.45) is 5.73 Å². The quantitative estimate of drug-likeness (QED) is 0.805. The molecule has 0 spiro atoms. The molecule has 1 amide bonds. The standard InChI is InChI=1S/C12H11FN2O2/c13-8-3-1-7(2-4-8)9-5-15-6-10(11(9)16)12(14)17/h1-3,5-6,8H,4H2,(H2,14,17)(H,15,16). The SMILES string of the molecule is NC(=O)c1c[nH]cc(C2=CCC(F)C=C2)c1=O. The van der Waals surface area contributed by atoms with Crippen molar-refractivity contribution in [3.05, 3.63) is 52.0 Å². The van der Waals surface area contributed by atoms with E-state index in [4.69, 9.17) is 5.73 Å². The number of halogens is 1. The van der Waals surface area contributed by atoms with E-state index in [0.29, 0.717) is 11.1 Å². The number of amides is 1. The number of carbonyl (C=O) groups excluding carboxylic acids is 1. The number of hydrogen-bond donors (Lipinski definition) is 2. The Labute approximate surface area is 96.6 Å². The Morgan fingerprint density at radius 1 is 1.47 bits per heavy atom. The number of alkyl halides is 1. The van der Waals surface area contributed by atoms with Gasteiger partial charge in [-0.05, 0) is 11.6 Å². The Bertz CT molecular complexity index is 572. The lowest BCUT2D eigenvalue weighted by Crippen LogP contribution is -2.24. The first-order valence-electron chi connectivity index (χ1n) is 5.13. The molecule has 0 saturated carbocycles. The summed E-state index contributed by atoms with van der Waals surface area (Å²) in [5.41, 5.74) is 5.46. The summed E-state index contributed by atoms with van der Waals surface area (Å²) in [6, 6.07) is 0. The van der Waals surface area contributed by atoms with E-state index in [0.717, 1.165) is 0 Å². The molecular weight excluding hydrogens is 223 g/mol. The number of primary amides is 1. The Hall–Kier alpha value is -2.17. The number of pyridine rings is 1. The Morgan fingerprint density at radius 2 is 2.24 bits per heavy atom. The Morgan fingerprint density at radius 3 is 2.82 bits per heavy atom. The molecule has 0 aliphatic heterocycles. The van der Waals surface area contributed by atoms with Crippen LogP contribution in [0, 0.1) is 0 Å². The molecule has 4 nitrogen and oxygen atoms in total. The van der Waals surface area contributed by atoms with Crippen molar-refractivity contribution >= 4 is 11.5 Å². The average molecular weight is 234 g/mol. The van der Waals surface area contributed by atoms with Gasteiger partial charge in [0.05, 0.1) is 0 Å². The van der Waals surface area contributed by atoms with Crippen LogP contribution in [0.1, 0.15) is 22.3 Å². The summed E-state index contributed by atoms with van der Waals surface area (Å²) in [4.78, 5) is 25.6. The van der Waals surface area contributed by atoms with Crippen molar-refractivity contribution in [3.8, 4) is 0 Å². The van der Waals surface area contributed by atoms with Crippen LogP contribution in [0.25, 0.3) is 5.57 Å². The predicted octanol–water partition coefficient (Wildman–Crippen LogP) is 1.16. The van der Waals surface area contributed by atoms with Crippen molar-refractivity contribution in [1.82, 2.24) is 4.98 Å². The number of hydrogen-bond acceptors (Lipinski definition) is 2.